The molecule has 23 heavy (non-hydrogen) atoms. The zero-order chi connectivity index (χ0) is 16.2. The Morgan fingerprint density at radius 1 is 1.26 bits per heavy atom. The van der Waals surface area contributed by atoms with Crippen molar-refractivity contribution in [3.63, 3.8) is 0 Å². The van der Waals surface area contributed by atoms with E-state index in [0.717, 1.165) is 15.6 Å². The average molecular weight is 372 g/mol. The second kappa shape index (κ2) is 6.76. The number of hydrogen-bond donors (Lipinski definition) is 0. The van der Waals surface area contributed by atoms with Gasteiger partial charge in [0.05, 0.1) is 18.2 Å². The van der Waals surface area contributed by atoms with Gasteiger partial charge in [-0.25, -0.2) is 0 Å². The van der Waals surface area contributed by atoms with Gasteiger partial charge in [0, 0.05) is 16.1 Å². The van der Waals surface area contributed by atoms with Crippen LogP contribution in [0, 0.1) is 11.3 Å². The number of benzene rings is 2. The molecule has 0 aliphatic carbocycles. The van der Waals surface area contributed by atoms with Crippen LogP contribution in [0.4, 0.5) is 0 Å². The average Bonchev–Trinajstić information content (AvgIpc) is 3.01. The summed E-state index contributed by atoms with van der Waals surface area (Å²) < 4.78 is 17.4. The molecule has 0 saturated heterocycles. The van der Waals surface area contributed by atoms with Crippen molar-refractivity contribution >= 4 is 27.6 Å². The Kier molecular flexibility index (Phi) is 4.54. The summed E-state index contributed by atoms with van der Waals surface area (Å²) >= 11 is 3.40. The molecule has 0 bridgehead atoms. The fraction of sp³-hybridized carbons (Fsp3) is 0.167. The SMILES string of the molecule is CCOc1cc2c(cc1C=C(C#N)c1ccc(Br)cc1)OCO2. The molecular weight excluding hydrogens is 358 g/mol. The first-order valence-corrected chi connectivity index (χ1v) is 7.94. The molecule has 0 atom stereocenters. The fourth-order valence-corrected chi connectivity index (χ4v) is 2.56. The van der Waals surface area contributed by atoms with Gasteiger partial charge in [0.2, 0.25) is 6.79 Å². The second-order valence-electron chi connectivity index (χ2n) is 4.85. The van der Waals surface area contributed by atoms with Gasteiger partial charge in [-0.15, -0.1) is 0 Å². The molecule has 4 nitrogen and oxygen atoms in total. The van der Waals surface area contributed by atoms with E-state index < -0.39 is 0 Å². The fourth-order valence-electron chi connectivity index (χ4n) is 2.30. The molecule has 1 heterocycles. The van der Waals surface area contributed by atoms with Crippen LogP contribution in [-0.2, 0) is 0 Å². The first-order chi connectivity index (χ1) is 11.2. The van der Waals surface area contributed by atoms with Crippen molar-refractivity contribution in [1.29, 1.82) is 5.26 Å². The van der Waals surface area contributed by atoms with Gasteiger partial charge in [-0.1, -0.05) is 28.1 Å². The number of ether oxygens (including phenoxy) is 3. The predicted octanol–water partition coefficient (Wildman–Crippen LogP) is 4.64. The van der Waals surface area contributed by atoms with E-state index in [-0.39, 0.29) is 6.79 Å². The molecule has 0 unspecified atom stereocenters. The first kappa shape index (κ1) is 15.4. The highest BCUT2D eigenvalue weighted by Crippen LogP contribution is 2.39. The number of rotatable bonds is 4. The number of fused-ring (bicyclic) bond motifs is 1. The summed E-state index contributed by atoms with van der Waals surface area (Å²) in [5, 5.41) is 9.50. The Labute approximate surface area is 143 Å². The highest BCUT2D eigenvalue weighted by atomic mass is 79.9. The van der Waals surface area contributed by atoms with Crippen LogP contribution in [-0.4, -0.2) is 13.4 Å². The maximum Gasteiger partial charge on any atom is 0.231 e. The molecule has 3 rings (SSSR count). The van der Waals surface area contributed by atoms with Gasteiger partial charge in [0.25, 0.3) is 0 Å². The highest BCUT2D eigenvalue weighted by molar-refractivity contribution is 9.10. The van der Waals surface area contributed by atoms with Gasteiger partial charge in [0.1, 0.15) is 5.75 Å². The molecule has 0 aromatic heterocycles. The maximum atomic E-state index is 9.50. The van der Waals surface area contributed by atoms with E-state index in [0.29, 0.717) is 29.4 Å². The van der Waals surface area contributed by atoms with Crippen molar-refractivity contribution in [1.82, 2.24) is 0 Å². The number of nitriles is 1. The van der Waals surface area contributed by atoms with Crippen molar-refractivity contribution < 1.29 is 14.2 Å². The molecule has 0 fully saturated rings. The molecule has 5 heteroatoms. The second-order valence-corrected chi connectivity index (χ2v) is 5.77. The van der Waals surface area contributed by atoms with Gasteiger partial charge in [0.15, 0.2) is 11.5 Å². The zero-order valence-corrected chi connectivity index (χ0v) is 14.1. The third kappa shape index (κ3) is 3.33. The zero-order valence-electron chi connectivity index (χ0n) is 12.5. The largest absolute Gasteiger partial charge is 0.493 e. The van der Waals surface area contributed by atoms with Crippen LogP contribution in [0.1, 0.15) is 18.1 Å². The van der Waals surface area contributed by atoms with E-state index >= 15 is 0 Å². The summed E-state index contributed by atoms with van der Waals surface area (Å²) in [4.78, 5) is 0. The first-order valence-electron chi connectivity index (χ1n) is 7.15. The van der Waals surface area contributed by atoms with Crippen molar-refractivity contribution in [2.45, 2.75) is 6.92 Å². The summed E-state index contributed by atoms with van der Waals surface area (Å²) in [5.41, 5.74) is 2.18. The molecule has 1 aliphatic heterocycles. The van der Waals surface area contributed by atoms with Crippen LogP contribution in [0.25, 0.3) is 11.6 Å². The summed E-state index contributed by atoms with van der Waals surface area (Å²) in [7, 11) is 0. The van der Waals surface area contributed by atoms with E-state index in [1.807, 2.05) is 37.3 Å². The van der Waals surface area contributed by atoms with Crippen LogP contribution in [0.2, 0.25) is 0 Å². The van der Waals surface area contributed by atoms with Gasteiger partial charge >= 0.3 is 0 Å². The lowest BCUT2D eigenvalue weighted by Crippen LogP contribution is -1.94. The number of halogens is 1. The lowest BCUT2D eigenvalue weighted by molar-refractivity contribution is 0.174. The third-order valence-corrected chi connectivity index (χ3v) is 3.91. The molecular formula is C18H14BrNO3. The molecule has 0 N–H and O–H groups in total. The van der Waals surface area contributed by atoms with Crippen molar-refractivity contribution in [2.24, 2.45) is 0 Å². The van der Waals surface area contributed by atoms with E-state index in [9.17, 15) is 5.26 Å². The van der Waals surface area contributed by atoms with E-state index in [4.69, 9.17) is 14.2 Å². The smallest absolute Gasteiger partial charge is 0.231 e. The van der Waals surface area contributed by atoms with Gasteiger partial charge in [-0.2, -0.15) is 5.26 Å². The summed E-state index contributed by atoms with van der Waals surface area (Å²) in [5.74, 6) is 1.99. The summed E-state index contributed by atoms with van der Waals surface area (Å²) in [6.07, 6.45) is 1.80. The third-order valence-electron chi connectivity index (χ3n) is 3.38. The number of allylic oxidation sites excluding steroid dienone is 1. The maximum absolute atomic E-state index is 9.50. The topological polar surface area (TPSA) is 51.5 Å². The highest BCUT2D eigenvalue weighted by Gasteiger charge is 2.17. The van der Waals surface area contributed by atoms with E-state index in [2.05, 4.69) is 22.0 Å². The normalized spacial score (nSPS) is 12.8. The van der Waals surface area contributed by atoms with Crippen LogP contribution < -0.4 is 14.2 Å². The Morgan fingerprint density at radius 2 is 1.96 bits per heavy atom. The van der Waals surface area contributed by atoms with Crippen LogP contribution in [0.3, 0.4) is 0 Å². The van der Waals surface area contributed by atoms with E-state index in [1.54, 1.807) is 12.1 Å². The predicted molar refractivity (Wildman–Crippen MR) is 91.4 cm³/mol. The lowest BCUT2D eigenvalue weighted by atomic mass is 10.0. The molecule has 2 aromatic rings. The minimum Gasteiger partial charge on any atom is -0.493 e. The molecule has 0 saturated carbocycles. The van der Waals surface area contributed by atoms with Gasteiger partial charge in [-0.3, -0.25) is 0 Å². The quantitative estimate of drug-likeness (QED) is 0.580. The number of hydrogen-bond acceptors (Lipinski definition) is 4. The molecule has 2 aromatic carbocycles. The van der Waals surface area contributed by atoms with Crippen LogP contribution >= 0.6 is 15.9 Å². The van der Waals surface area contributed by atoms with Gasteiger partial charge in [-0.05, 0) is 36.8 Å². The number of nitrogens with zero attached hydrogens (tertiary/aromatic N) is 1. The molecule has 1 aliphatic rings. The lowest BCUT2D eigenvalue weighted by Gasteiger charge is -2.09. The van der Waals surface area contributed by atoms with Crippen LogP contribution in [0.5, 0.6) is 17.2 Å². The molecule has 116 valence electrons. The van der Waals surface area contributed by atoms with Crippen molar-refractivity contribution in [3.8, 4) is 23.3 Å². The Bertz CT molecular complexity index is 791. The minimum absolute atomic E-state index is 0.200. The van der Waals surface area contributed by atoms with Crippen molar-refractivity contribution in [2.75, 3.05) is 13.4 Å². The summed E-state index contributed by atoms with van der Waals surface area (Å²) in [6.45, 7) is 2.64. The van der Waals surface area contributed by atoms with Crippen LogP contribution in [0.15, 0.2) is 40.9 Å². The van der Waals surface area contributed by atoms with Gasteiger partial charge < -0.3 is 14.2 Å². The van der Waals surface area contributed by atoms with Crippen molar-refractivity contribution in [3.05, 3.63) is 52.0 Å². The standard InChI is InChI=1S/C18H14BrNO3/c1-2-21-16-9-18-17(22-11-23-18)8-13(16)7-14(10-20)12-3-5-15(19)6-4-12/h3-9H,2,11H2,1H3. The Morgan fingerprint density at radius 3 is 2.61 bits per heavy atom. The minimum atomic E-state index is 0.200. The molecule has 0 radical (unpaired) electrons. The molecule has 0 spiro atoms. The molecule has 0 amide bonds. The summed E-state index contributed by atoms with van der Waals surface area (Å²) in [6, 6.07) is 13.5. The van der Waals surface area contributed by atoms with E-state index in [1.165, 1.54) is 0 Å². The Hall–Kier alpha value is -2.45. The Balaban J connectivity index is 2.05. The monoisotopic (exact) mass is 371 g/mol.